The summed E-state index contributed by atoms with van der Waals surface area (Å²) in [7, 11) is 0. The Morgan fingerprint density at radius 2 is 1.96 bits per heavy atom. The highest BCUT2D eigenvalue weighted by Gasteiger charge is 2.28. The number of rotatable bonds is 6. The lowest BCUT2D eigenvalue weighted by molar-refractivity contribution is -0.136. The first kappa shape index (κ1) is 18.5. The van der Waals surface area contributed by atoms with E-state index in [2.05, 4.69) is 4.98 Å². The maximum Gasteiger partial charge on any atom is 0.307 e. The summed E-state index contributed by atoms with van der Waals surface area (Å²) in [5, 5.41) is 9.61. The van der Waals surface area contributed by atoms with Crippen molar-refractivity contribution in [1.29, 1.82) is 0 Å². The largest absolute Gasteiger partial charge is 0.481 e. The van der Waals surface area contributed by atoms with E-state index in [4.69, 9.17) is 5.11 Å². The molecule has 1 fully saturated rings. The van der Waals surface area contributed by atoms with Gasteiger partial charge in [0.15, 0.2) is 0 Å². The number of hydrogen-bond donors (Lipinski definition) is 1. The quantitative estimate of drug-likeness (QED) is 0.791. The minimum absolute atomic E-state index is 0.0505. The molecule has 1 aliphatic rings. The Kier molecular flexibility index (Phi) is 5.93. The van der Waals surface area contributed by atoms with Crippen LogP contribution in [-0.2, 0) is 17.6 Å². The number of carboxylic acid groups (broad SMARTS) is 1. The van der Waals surface area contributed by atoms with Crippen LogP contribution >= 0.6 is 11.8 Å². The van der Waals surface area contributed by atoms with Crippen molar-refractivity contribution < 1.29 is 14.7 Å². The maximum atomic E-state index is 12.8. The summed E-state index contributed by atoms with van der Waals surface area (Å²) in [6.07, 6.45) is 5.58. The van der Waals surface area contributed by atoms with Crippen molar-refractivity contribution in [3.63, 3.8) is 0 Å². The number of carboxylic acids is 1. The number of hydrogen-bond acceptors (Lipinski definition) is 4. The Bertz CT molecular complexity index is 792. The Morgan fingerprint density at radius 1 is 1.23 bits per heavy atom. The van der Waals surface area contributed by atoms with Gasteiger partial charge in [0.05, 0.1) is 12.0 Å². The van der Waals surface area contributed by atoms with Crippen LogP contribution in [0.15, 0.2) is 47.6 Å². The second-order valence-electron chi connectivity index (χ2n) is 6.56. The molecule has 0 saturated carbocycles. The summed E-state index contributed by atoms with van der Waals surface area (Å²) in [6, 6.07) is 11.4. The topological polar surface area (TPSA) is 70.5 Å². The molecule has 5 nitrogen and oxygen atoms in total. The van der Waals surface area contributed by atoms with Crippen LogP contribution in [0.25, 0.3) is 0 Å². The Labute approximate surface area is 157 Å². The van der Waals surface area contributed by atoms with Crippen LogP contribution in [0.4, 0.5) is 0 Å². The Morgan fingerprint density at radius 3 is 2.65 bits per heavy atom. The number of carbonyl (C=O) groups is 2. The highest BCUT2D eigenvalue weighted by atomic mass is 32.2. The zero-order chi connectivity index (χ0) is 18.5. The number of likely N-dealkylation sites (tertiary alicyclic amines) is 1. The van der Waals surface area contributed by atoms with Crippen molar-refractivity contribution in [2.75, 3.05) is 19.3 Å². The average Bonchev–Trinajstić information content (AvgIpc) is 3.11. The van der Waals surface area contributed by atoms with E-state index in [1.165, 1.54) is 17.3 Å². The average molecular weight is 370 g/mol. The Hall–Kier alpha value is -2.34. The fraction of sp³-hybridized carbons (Fsp3) is 0.350. The van der Waals surface area contributed by atoms with Gasteiger partial charge in [-0.15, -0.1) is 11.8 Å². The second-order valence-corrected chi connectivity index (χ2v) is 7.35. The zero-order valence-electron chi connectivity index (χ0n) is 14.7. The number of pyridine rings is 1. The van der Waals surface area contributed by atoms with Gasteiger partial charge < -0.3 is 10.0 Å². The molecule has 6 heteroatoms. The summed E-state index contributed by atoms with van der Waals surface area (Å²) in [5.74, 6) is -0.330. The van der Waals surface area contributed by atoms with Gasteiger partial charge in [-0.2, -0.15) is 0 Å². The van der Waals surface area contributed by atoms with Gasteiger partial charge >= 0.3 is 5.97 Å². The third-order valence-electron chi connectivity index (χ3n) is 4.67. The lowest BCUT2D eigenvalue weighted by atomic mass is 9.97. The molecule has 2 aromatic rings. The van der Waals surface area contributed by atoms with Crippen LogP contribution < -0.4 is 0 Å². The van der Waals surface area contributed by atoms with Crippen LogP contribution in [0.3, 0.4) is 0 Å². The predicted molar refractivity (Wildman–Crippen MR) is 102 cm³/mol. The maximum absolute atomic E-state index is 12.8. The van der Waals surface area contributed by atoms with E-state index in [0.29, 0.717) is 11.5 Å². The molecule has 1 amide bonds. The number of thioether (sulfide) groups is 1. The molecule has 0 spiro atoms. The second kappa shape index (κ2) is 8.36. The summed E-state index contributed by atoms with van der Waals surface area (Å²) in [5.41, 5.74) is 2.67. The molecule has 0 aliphatic carbocycles. The number of carbonyl (C=O) groups excluding carboxylic acids is 1. The van der Waals surface area contributed by atoms with Gasteiger partial charge in [-0.3, -0.25) is 9.59 Å². The number of amides is 1. The number of benzene rings is 1. The third-order valence-corrected chi connectivity index (χ3v) is 5.38. The van der Waals surface area contributed by atoms with Gasteiger partial charge in [0.2, 0.25) is 0 Å². The molecular formula is C20H22N2O3S. The molecule has 1 saturated heterocycles. The Balaban J connectivity index is 1.60. The number of nitrogens with zero attached hydrogens (tertiary/aromatic N) is 2. The van der Waals surface area contributed by atoms with E-state index in [1.54, 1.807) is 12.3 Å². The van der Waals surface area contributed by atoms with Gasteiger partial charge in [-0.05, 0) is 48.3 Å². The molecule has 26 heavy (non-hydrogen) atoms. The molecule has 0 radical (unpaired) electrons. The highest BCUT2D eigenvalue weighted by Crippen LogP contribution is 2.25. The van der Waals surface area contributed by atoms with Gasteiger partial charge in [0.1, 0.15) is 5.03 Å². The highest BCUT2D eigenvalue weighted by molar-refractivity contribution is 7.98. The monoisotopic (exact) mass is 370 g/mol. The van der Waals surface area contributed by atoms with Crippen molar-refractivity contribution >= 4 is 23.6 Å². The van der Waals surface area contributed by atoms with E-state index in [9.17, 15) is 9.59 Å². The fourth-order valence-electron chi connectivity index (χ4n) is 3.37. The molecule has 1 aliphatic heterocycles. The van der Waals surface area contributed by atoms with Gasteiger partial charge in [-0.1, -0.05) is 24.3 Å². The van der Waals surface area contributed by atoms with Crippen molar-refractivity contribution in [1.82, 2.24) is 9.88 Å². The summed E-state index contributed by atoms with van der Waals surface area (Å²) in [6.45, 7) is 1.52. The smallest absolute Gasteiger partial charge is 0.307 e. The van der Waals surface area contributed by atoms with E-state index in [1.807, 2.05) is 41.5 Å². The minimum Gasteiger partial charge on any atom is -0.481 e. The van der Waals surface area contributed by atoms with Gasteiger partial charge in [-0.25, -0.2) is 4.98 Å². The normalized spacial score (nSPS) is 16.7. The summed E-state index contributed by atoms with van der Waals surface area (Å²) >= 11 is 1.49. The van der Waals surface area contributed by atoms with E-state index >= 15 is 0 Å². The molecule has 3 rings (SSSR count). The first-order valence-corrected chi connectivity index (χ1v) is 9.87. The molecule has 136 valence electrons. The van der Waals surface area contributed by atoms with Gasteiger partial charge in [0.25, 0.3) is 5.91 Å². The van der Waals surface area contributed by atoms with E-state index < -0.39 is 5.97 Å². The number of aliphatic carboxylic acids is 1. The fourth-order valence-corrected chi connectivity index (χ4v) is 3.91. The first-order valence-electron chi connectivity index (χ1n) is 8.64. The minimum atomic E-state index is -0.817. The van der Waals surface area contributed by atoms with Crippen molar-refractivity contribution in [2.45, 2.75) is 24.3 Å². The molecule has 1 atom stereocenters. The zero-order valence-corrected chi connectivity index (χ0v) is 15.5. The molecular weight excluding hydrogens is 348 g/mol. The molecule has 1 N–H and O–H groups in total. The van der Waals surface area contributed by atoms with Gasteiger partial charge in [0, 0.05) is 19.3 Å². The standard InChI is InChI=1S/C20H22N2O3S/c1-26-19-17(3-2-9-21-19)20(25)22-10-8-16(13-22)11-14-4-6-15(7-5-14)12-18(23)24/h2-7,9,16H,8,10-13H2,1H3,(H,23,24). The van der Waals surface area contributed by atoms with Crippen molar-refractivity contribution in [3.05, 3.63) is 59.3 Å². The number of aromatic nitrogens is 1. The lowest BCUT2D eigenvalue weighted by Crippen LogP contribution is -2.29. The summed E-state index contributed by atoms with van der Waals surface area (Å²) in [4.78, 5) is 29.7. The van der Waals surface area contributed by atoms with Crippen molar-refractivity contribution in [2.24, 2.45) is 5.92 Å². The molecule has 1 aromatic carbocycles. The van der Waals surface area contributed by atoms with E-state index in [-0.39, 0.29) is 12.3 Å². The lowest BCUT2D eigenvalue weighted by Gasteiger charge is -2.18. The van der Waals surface area contributed by atoms with Crippen LogP contribution in [-0.4, -0.2) is 46.2 Å². The summed E-state index contributed by atoms with van der Waals surface area (Å²) < 4.78 is 0. The SMILES string of the molecule is CSc1ncccc1C(=O)N1CCC(Cc2ccc(CC(=O)O)cc2)C1. The van der Waals surface area contributed by atoms with Crippen LogP contribution in [0.1, 0.15) is 27.9 Å². The van der Waals surface area contributed by atoms with Crippen LogP contribution in [0.2, 0.25) is 0 Å². The van der Waals surface area contributed by atoms with Crippen molar-refractivity contribution in [3.8, 4) is 0 Å². The van der Waals surface area contributed by atoms with Crippen LogP contribution in [0.5, 0.6) is 0 Å². The molecule has 2 heterocycles. The molecule has 1 aromatic heterocycles. The van der Waals surface area contributed by atoms with Crippen LogP contribution in [0, 0.1) is 5.92 Å². The molecule has 0 bridgehead atoms. The first-order chi connectivity index (χ1) is 12.6. The third kappa shape index (κ3) is 4.43. The predicted octanol–water partition coefficient (Wildman–Crippen LogP) is 3.14. The molecule has 1 unspecified atom stereocenters. The van der Waals surface area contributed by atoms with E-state index in [0.717, 1.165) is 36.5 Å².